The number of rotatable bonds is 5. The second-order valence-corrected chi connectivity index (χ2v) is 9.46. The minimum absolute atomic E-state index is 0.101. The SMILES string of the molecule is CCCSc1nc2sc3c(c2c2nnc(SC)n12)C[C@](C)(CC)OC3. The zero-order valence-corrected chi connectivity index (χ0v) is 17.4. The fourth-order valence-electron chi connectivity index (χ4n) is 3.17. The van der Waals surface area contributed by atoms with Gasteiger partial charge in [-0.15, -0.1) is 21.5 Å². The van der Waals surface area contributed by atoms with Gasteiger partial charge in [0, 0.05) is 17.1 Å². The van der Waals surface area contributed by atoms with Crippen molar-refractivity contribution in [2.45, 2.75) is 62.6 Å². The molecule has 3 aromatic rings. The van der Waals surface area contributed by atoms with Gasteiger partial charge in [-0.3, -0.25) is 0 Å². The monoisotopic (exact) mass is 394 g/mol. The minimum atomic E-state index is -0.101. The van der Waals surface area contributed by atoms with E-state index in [1.807, 2.05) is 6.26 Å². The van der Waals surface area contributed by atoms with Gasteiger partial charge in [0.05, 0.1) is 17.6 Å². The lowest BCUT2D eigenvalue weighted by Gasteiger charge is -2.33. The van der Waals surface area contributed by atoms with Crippen LogP contribution in [0.5, 0.6) is 0 Å². The molecule has 0 spiro atoms. The van der Waals surface area contributed by atoms with Gasteiger partial charge in [-0.25, -0.2) is 9.38 Å². The summed E-state index contributed by atoms with van der Waals surface area (Å²) in [4.78, 5) is 7.36. The molecule has 0 N–H and O–H groups in total. The lowest BCUT2D eigenvalue weighted by atomic mass is 9.90. The zero-order chi connectivity index (χ0) is 17.6. The molecule has 0 unspecified atom stereocenters. The van der Waals surface area contributed by atoms with E-state index in [1.165, 1.54) is 15.8 Å². The molecule has 25 heavy (non-hydrogen) atoms. The van der Waals surface area contributed by atoms with Gasteiger partial charge in [-0.2, -0.15) is 0 Å². The largest absolute Gasteiger partial charge is 0.369 e. The highest BCUT2D eigenvalue weighted by Gasteiger charge is 2.33. The summed E-state index contributed by atoms with van der Waals surface area (Å²) < 4.78 is 8.27. The van der Waals surface area contributed by atoms with Gasteiger partial charge in [0.2, 0.25) is 0 Å². The van der Waals surface area contributed by atoms with Gasteiger partial charge in [-0.1, -0.05) is 37.4 Å². The molecule has 0 amide bonds. The van der Waals surface area contributed by atoms with Crippen LogP contribution in [0.3, 0.4) is 0 Å². The maximum Gasteiger partial charge on any atom is 0.197 e. The van der Waals surface area contributed by atoms with Crippen LogP contribution in [0, 0.1) is 0 Å². The fourth-order valence-corrected chi connectivity index (χ4v) is 5.70. The molecule has 0 saturated heterocycles. The molecular formula is C17H22N4OS3. The van der Waals surface area contributed by atoms with E-state index in [0.717, 1.165) is 45.8 Å². The maximum atomic E-state index is 6.13. The van der Waals surface area contributed by atoms with Crippen molar-refractivity contribution in [2.24, 2.45) is 0 Å². The van der Waals surface area contributed by atoms with Gasteiger partial charge in [-0.05, 0) is 31.6 Å². The number of hydrogen-bond donors (Lipinski definition) is 0. The van der Waals surface area contributed by atoms with Gasteiger partial charge in [0.1, 0.15) is 4.83 Å². The first-order valence-corrected chi connectivity index (χ1v) is 11.6. The molecular weight excluding hydrogens is 372 g/mol. The quantitative estimate of drug-likeness (QED) is 0.457. The van der Waals surface area contributed by atoms with Crippen LogP contribution in [0.4, 0.5) is 0 Å². The maximum absolute atomic E-state index is 6.13. The summed E-state index contributed by atoms with van der Waals surface area (Å²) in [5.74, 6) is 1.04. The van der Waals surface area contributed by atoms with Crippen molar-refractivity contribution in [3.63, 3.8) is 0 Å². The third-order valence-corrected chi connectivity index (χ3v) is 7.66. The van der Waals surface area contributed by atoms with Crippen LogP contribution in [0.2, 0.25) is 0 Å². The van der Waals surface area contributed by atoms with Crippen molar-refractivity contribution in [3.8, 4) is 0 Å². The van der Waals surface area contributed by atoms with Crippen LogP contribution < -0.4 is 0 Å². The Labute approximate surface area is 160 Å². The number of thiophene rings is 1. The molecule has 0 aliphatic carbocycles. The van der Waals surface area contributed by atoms with Crippen LogP contribution in [0.15, 0.2) is 10.3 Å². The molecule has 8 heteroatoms. The summed E-state index contributed by atoms with van der Waals surface area (Å²) in [5, 5.41) is 12.0. The Hall–Kier alpha value is -0.830. The third kappa shape index (κ3) is 2.87. The number of aromatic nitrogens is 4. The van der Waals surface area contributed by atoms with E-state index in [1.54, 1.807) is 34.9 Å². The molecule has 1 aliphatic rings. The Morgan fingerprint density at radius 3 is 2.84 bits per heavy atom. The molecule has 4 heterocycles. The first kappa shape index (κ1) is 17.6. The van der Waals surface area contributed by atoms with E-state index in [-0.39, 0.29) is 5.60 Å². The molecule has 5 nitrogen and oxygen atoms in total. The highest BCUT2D eigenvalue weighted by molar-refractivity contribution is 7.99. The normalized spacial score (nSPS) is 20.5. The van der Waals surface area contributed by atoms with Gasteiger partial charge < -0.3 is 4.74 Å². The topological polar surface area (TPSA) is 52.3 Å². The average Bonchev–Trinajstić information content (AvgIpc) is 3.20. The highest BCUT2D eigenvalue weighted by atomic mass is 32.2. The van der Waals surface area contributed by atoms with E-state index in [2.05, 4.69) is 35.4 Å². The summed E-state index contributed by atoms with van der Waals surface area (Å²) in [6.07, 6.45) is 5.08. The zero-order valence-electron chi connectivity index (χ0n) is 15.0. The number of hydrogen-bond acceptors (Lipinski definition) is 7. The van der Waals surface area contributed by atoms with Crippen molar-refractivity contribution in [3.05, 3.63) is 10.4 Å². The molecule has 0 aromatic carbocycles. The molecule has 0 radical (unpaired) electrons. The Morgan fingerprint density at radius 2 is 2.12 bits per heavy atom. The van der Waals surface area contributed by atoms with Crippen molar-refractivity contribution < 1.29 is 4.74 Å². The van der Waals surface area contributed by atoms with Crippen LogP contribution in [-0.2, 0) is 17.8 Å². The smallest absolute Gasteiger partial charge is 0.197 e. The fraction of sp³-hybridized carbons (Fsp3) is 0.588. The van der Waals surface area contributed by atoms with E-state index in [9.17, 15) is 0 Å². The molecule has 0 saturated carbocycles. The van der Waals surface area contributed by atoms with E-state index >= 15 is 0 Å². The first-order valence-electron chi connectivity index (χ1n) is 8.60. The van der Waals surface area contributed by atoms with E-state index < -0.39 is 0 Å². The second-order valence-electron chi connectivity index (χ2n) is 6.54. The van der Waals surface area contributed by atoms with Crippen molar-refractivity contribution in [1.82, 2.24) is 19.6 Å². The molecule has 0 bridgehead atoms. The van der Waals surface area contributed by atoms with Crippen molar-refractivity contribution in [1.29, 1.82) is 0 Å². The summed E-state index contributed by atoms with van der Waals surface area (Å²) in [7, 11) is 0. The second kappa shape index (κ2) is 6.72. The predicted octanol–water partition coefficient (Wildman–Crippen LogP) is 4.80. The van der Waals surface area contributed by atoms with Crippen LogP contribution in [0.25, 0.3) is 15.9 Å². The molecule has 1 aliphatic heterocycles. The minimum Gasteiger partial charge on any atom is -0.369 e. The predicted molar refractivity (Wildman–Crippen MR) is 106 cm³/mol. The van der Waals surface area contributed by atoms with Crippen LogP contribution >= 0.6 is 34.9 Å². The summed E-state index contributed by atoms with van der Waals surface area (Å²) in [6.45, 7) is 7.26. The van der Waals surface area contributed by atoms with E-state index in [0.29, 0.717) is 6.61 Å². The van der Waals surface area contributed by atoms with Crippen LogP contribution in [-0.4, -0.2) is 37.2 Å². The third-order valence-electron chi connectivity index (χ3n) is 4.79. The number of thioether (sulfide) groups is 2. The van der Waals surface area contributed by atoms with Crippen molar-refractivity contribution in [2.75, 3.05) is 12.0 Å². The van der Waals surface area contributed by atoms with Crippen molar-refractivity contribution >= 4 is 50.7 Å². The molecule has 134 valence electrons. The lowest BCUT2D eigenvalue weighted by Crippen LogP contribution is -2.33. The van der Waals surface area contributed by atoms with Gasteiger partial charge in [0.25, 0.3) is 0 Å². The molecule has 1 atom stereocenters. The Kier molecular flexibility index (Phi) is 4.72. The van der Waals surface area contributed by atoms with Crippen LogP contribution in [0.1, 0.15) is 44.1 Å². The summed E-state index contributed by atoms with van der Waals surface area (Å²) >= 11 is 5.16. The Morgan fingerprint density at radius 1 is 1.28 bits per heavy atom. The summed E-state index contributed by atoms with van der Waals surface area (Å²) in [6, 6.07) is 0. The standard InChI is InChI=1S/C17H22N4OS3/c1-5-7-24-15-18-14-12(13-19-20-16(23-4)21(13)15)10-8-17(3,6-2)22-9-11(10)25-14/h5-9H2,1-4H3/t17-/m0/s1. The van der Waals surface area contributed by atoms with E-state index in [4.69, 9.17) is 9.72 Å². The summed E-state index contributed by atoms with van der Waals surface area (Å²) in [5.41, 5.74) is 2.21. The average molecular weight is 395 g/mol. The molecule has 4 rings (SSSR count). The first-order chi connectivity index (χ1) is 12.1. The number of fused-ring (bicyclic) bond motifs is 5. The van der Waals surface area contributed by atoms with Gasteiger partial charge >= 0.3 is 0 Å². The number of ether oxygens (including phenoxy) is 1. The molecule has 3 aromatic heterocycles. The Bertz CT molecular complexity index is 935. The Balaban J connectivity index is 1.97. The highest BCUT2D eigenvalue weighted by Crippen LogP contribution is 2.42. The number of nitrogens with zero attached hydrogens (tertiary/aromatic N) is 4. The van der Waals surface area contributed by atoms with Gasteiger partial charge in [0.15, 0.2) is 16.0 Å². The lowest BCUT2D eigenvalue weighted by molar-refractivity contribution is -0.0542. The molecule has 0 fully saturated rings.